The van der Waals surface area contributed by atoms with E-state index in [-0.39, 0.29) is 6.04 Å². The summed E-state index contributed by atoms with van der Waals surface area (Å²) in [6, 6.07) is 11.4. The van der Waals surface area contributed by atoms with Gasteiger partial charge in [0, 0.05) is 25.8 Å². The van der Waals surface area contributed by atoms with Crippen molar-refractivity contribution in [2.45, 2.75) is 33.2 Å². The first kappa shape index (κ1) is 16.2. The van der Waals surface area contributed by atoms with Gasteiger partial charge in [-0.15, -0.1) is 0 Å². The third-order valence-corrected chi connectivity index (χ3v) is 4.68. The number of benzene rings is 1. The molecule has 1 saturated heterocycles. The van der Waals surface area contributed by atoms with Crippen LogP contribution in [0, 0.1) is 20.8 Å². The SMILES string of the molecule is Cc1ccc(C(c2cc(C)ccc2C)N2CCCNCC2)nc1. The Hall–Kier alpha value is -1.71. The third kappa shape index (κ3) is 3.80. The van der Waals surface area contributed by atoms with Crippen molar-refractivity contribution in [1.29, 1.82) is 0 Å². The number of nitrogens with zero attached hydrogens (tertiary/aromatic N) is 2. The average Bonchev–Trinajstić information content (AvgIpc) is 2.82. The van der Waals surface area contributed by atoms with Crippen LogP contribution < -0.4 is 5.32 Å². The average molecular weight is 309 g/mol. The van der Waals surface area contributed by atoms with Crippen molar-refractivity contribution in [2.24, 2.45) is 0 Å². The number of pyridine rings is 1. The second-order valence-electron chi connectivity index (χ2n) is 6.66. The van der Waals surface area contributed by atoms with E-state index in [0.717, 1.165) is 31.9 Å². The number of nitrogens with one attached hydrogen (secondary N) is 1. The van der Waals surface area contributed by atoms with E-state index >= 15 is 0 Å². The van der Waals surface area contributed by atoms with Crippen LogP contribution >= 0.6 is 0 Å². The molecule has 3 heteroatoms. The molecule has 1 aromatic carbocycles. The van der Waals surface area contributed by atoms with E-state index < -0.39 is 0 Å². The van der Waals surface area contributed by atoms with Gasteiger partial charge in [0.2, 0.25) is 0 Å². The molecule has 1 fully saturated rings. The Balaban J connectivity index is 2.04. The Labute approximate surface area is 139 Å². The van der Waals surface area contributed by atoms with Gasteiger partial charge in [-0.3, -0.25) is 9.88 Å². The highest BCUT2D eigenvalue weighted by Gasteiger charge is 2.25. The Kier molecular flexibility index (Phi) is 5.09. The quantitative estimate of drug-likeness (QED) is 0.942. The number of hydrogen-bond donors (Lipinski definition) is 1. The first-order chi connectivity index (χ1) is 11.1. The molecule has 1 unspecified atom stereocenters. The fourth-order valence-electron chi connectivity index (χ4n) is 3.36. The van der Waals surface area contributed by atoms with Crippen molar-refractivity contribution >= 4 is 0 Å². The molecular formula is C20H27N3. The molecular weight excluding hydrogens is 282 g/mol. The second kappa shape index (κ2) is 7.24. The molecule has 0 aliphatic carbocycles. The van der Waals surface area contributed by atoms with Crippen LogP contribution in [0.25, 0.3) is 0 Å². The summed E-state index contributed by atoms with van der Waals surface area (Å²) in [4.78, 5) is 7.35. The van der Waals surface area contributed by atoms with Crippen molar-refractivity contribution in [3.05, 3.63) is 64.5 Å². The van der Waals surface area contributed by atoms with Gasteiger partial charge in [0.15, 0.2) is 0 Å². The van der Waals surface area contributed by atoms with Crippen LogP contribution in [0.5, 0.6) is 0 Å². The van der Waals surface area contributed by atoms with Crippen molar-refractivity contribution < 1.29 is 0 Å². The summed E-state index contributed by atoms with van der Waals surface area (Å²) < 4.78 is 0. The van der Waals surface area contributed by atoms with E-state index in [1.54, 1.807) is 0 Å². The standard InChI is InChI=1S/C20H27N3/c1-15-5-7-17(3)18(13-15)20(19-8-6-16(2)14-22-19)23-11-4-9-21-10-12-23/h5-8,13-14,20-21H,4,9-12H2,1-3H3. The minimum atomic E-state index is 0.246. The van der Waals surface area contributed by atoms with Crippen molar-refractivity contribution in [2.75, 3.05) is 26.2 Å². The van der Waals surface area contributed by atoms with Crippen LogP contribution in [0.3, 0.4) is 0 Å². The minimum absolute atomic E-state index is 0.246. The van der Waals surface area contributed by atoms with Crippen molar-refractivity contribution in [3.63, 3.8) is 0 Å². The molecule has 1 aliphatic rings. The van der Waals surface area contributed by atoms with E-state index in [1.807, 2.05) is 6.20 Å². The molecule has 1 aliphatic heterocycles. The van der Waals surface area contributed by atoms with E-state index in [1.165, 1.54) is 28.7 Å². The number of rotatable bonds is 3. The summed E-state index contributed by atoms with van der Waals surface area (Å²) in [5, 5.41) is 3.51. The number of aryl methyl sites for hydroxylation is 3. The molecule has 1 aromatic heterocycles. The summed E-state index contributed by atoms with van der Waals surface area (Å²) in [6.45, 7) is 10.8. The van der Waals surface area contributed by atoms with Gasteiger partial charge in [0.05, 0.1) is 11.7 Å². The molecule has 1 atom stereocenters. The molecule has 3 rings (SSSR count). The Morgan fingerprint density at radius 3 is 2.61 bits per heavy atom. The van der Waals surface area contributed by atoms with Crippen LogP contribution in [0.1, 0.15) is 40.4 Å². The molecule has 2 aromatic rings. The minimum Gasteiger partial charge on any atom is -0.315 e. The highest BCUT2D eigenvalue weighted by Crippen LogP contribution is 2.31. The summed E-state index contributed by atoms with van der Waals surface area (Å²) in [5.41, 5.74) is 6.43. The van der Waals surface area contributed by atoms with Gasteiger partial charge in [-0.1, -0.05) is 29.8 Å². The molecule has 23 heavy (non-hydrogen) atoms. The molecule has 122 valence electrons. The zero-order chi connectivity index (χ0) is 16.2. The van der Waals surface area contributed by atoms with Gasteiger partial charge in [-0.05, 0) is 56.5 Å². The predicted molar refractivity (Wildman–Crippen MR) is 95.8 cm³/mol. The molecule has 3 nitrogen and oxygen atoms in total. The number of hydrogen-bond acceptors (Lipinski definition) is 3. The molecule has 1 N–H and O–H groups in total. The highest BCUT2D eigenvalue weighted by molar-refractivity contribution is 5.37. The van der Waals surface area contributed by atoms with Crippen LogP contribution in [0.2, 0.25) is 0 Å². The third-order valence-electron chi connectivity index (χ3n) is 4.68. The van der Waals surface area contributed by atoms with E-state index in [4.69, 9.17) is 4.98 Å². The molecule has 0 saturated carbocycles. The van der Waals surface area contributed by atoms with Crippen molar-refractivity contribution in [3.8, 4) is 0 Å². The lowest BCUT2D eigenvalue weighted by Gasteiger charge is -2.31. The topological polar surface area (TPSA) is 28.2 Å². The number of aromatic nitrogens is 1. The van der Waals surface area contributed by atoms with Gasteiger partial charge in [0.1, 0.15) is 0 Å². The first-order valence-electron chi connectivity index (χ1n) is 8.59. The maximum atomic E-state index is 4.77. The highest BCUT2D eigenvalue weighted by atomic mass is 15.2. The predicted octanol–water partition coefficient (Wildman–Crippen LogP) is 3.39. The Morgan fingerprint density at radius 1 is 1.00 bits per heavy atom. The summed E-state index contributed by atoms with van der Waals surface area (Å²) in [5.74, 6) is 0. The summed E-state index contributed by atoms with van der Waals surface area (Å²) in [6.07, 6.45) is 3.18. The second-order valence-corrected chi connectivity index (χ2v) is 6.66. The summed E-state index contributed by atoms with van der Waals surface area (Å²) in [7, 11) is 0. The Morgan fingerprint density at radius 2 is 1.83 bits per heavy atom. The van der Waals surface area contributed by atoms with Crippen molar-refractivity contribution in [1.82, 2.24) is 15.2 Å². The zero-order valence-corrected chi connectivity index (χ0v) is 14.5. The first-order valence-corrected chi connectivity index (χ1v) is 8.59. The zero-order valence-electron chi connectivity index (χ0n) is 14.5. The van der Waals surface area contributed by atoms with Crippen LogP contribution in [-0.4, -0.2) is 36.1 Å². The molecule has 2 heterocycles. The lowest BCUT2D eigenvalue weighted by molar-refractivity contribution is 0.236. The van der Waals surface area contributed by atoms with Crippen LogP contribution in [-0.2, 0) is 0 Å². The normalized spacial score (nSPS) is 17.7. The van der Waals surface area contributed by atoms with Crippen LogP contribution in [0.4, 0.5) is 0 Å². The van der Waals surface area contributed by atoms with Gasteiger partial charge < -0.3 is 5.32 Å². The van der Waals surface area contributed by atoms with Gasteiger partial charge >= 0.3 is 0 Å². The largest absolute Gasteiger partial charge is 0.315 e. The smallest absolute Gasteiger partial charge is 0.0779 e. The molecule has 0 bridgehead atoms. The molecule has 0 amide bonds. The molecule has 0 spiro atoms. The fourth-order valence-corrected chi connectivity index (χ4v) is 3.36. The molecule has 0 radical (unpaired) electrons. The maximum absolute atomic E-state index is 4.77. The van der Waals surface area contributed by atoms with E-state index in [0.29, 0.717) is 0 Å². The lowest BCUT2D eigenvalue weighted by Crippen LogP contribution is -2.34. The van der Waals surface area contributed by atoms with E-state index in [2.05, 4.69) is 61.3 Å². The van der Waals surface area contributed by atoms with Crippen LogP contribution in [0.15, 0.2) is 36.5 Å². The monoisotopic (exact) mass is 309 g/mol. The summed E-state index contributed by atoms with van der Waals surface area (Å²) >= 11 is 0. The van der Waals surface area contributed by atoms with Gasteiger partial charge in [-0.2, -0.15) is 0 Å². The lowest BCUT2D eigenvalue weighted by atomic mass is 9.94. The van der Waals surface area contributed by atoms with E-state index in [9.17, 15) is 0 Å². The fraction of sp³-hybridized carbons (Fsp3) is 0.450. The Bertz CT molecular complexity index is 640. The van der Waals surface area contributed by atoms with Gasteiger partial charge in [0.25, 0.3) is 0 Å². The van der Waals surface area contributed by atoms with Gasteiger partial charge in [-0.25, -0.2) is 0 Å². The maximum Gasteiger partial charge on any atom is 0.0779 e.